The summed E-state index contributed by atoms with van der Waals surface area (Å²) in [4.78, 5) is 23.8. The van der Waals surface area contributed by atoms with E-state index in [1.54, 1.807) is 4.90 Å². The third-order valence-electron chi connectivity index (χ3n) is 2.07. The Hall–Kier alpha value is -1.10. The van der Waals surface area contributed by atoms with Crippen LogP contribution in [0.1, 0.15) is 20.8 Å². The average molecular weight is 215 g/mol. The Morgan fingerprint density at radius 2 is 1.73 bits per heavy atom. The molecule has 5 nitrogen and oxygen atoms in total. The van der Waals surface area contributed by atoms with Gasteiger partial charge in [-0.3, -0.25) is 9.59 Å². The number of nitrogens with zero attached hydrogens (tertiary/aromatic N) is 1. The van der Waals surface area contributed by atoms with E-state index >= 15 is 0 Å². The van der Waals surface area contributed by atoms with Gasteiger partial charge < -0.3 is 15.5 Å². The minimum atomic E-state index is -0.0492. The Labute approximate surface area is 91.2 Å². The molecular formula is C10H21N3O2. The molecule has 5 heteroatoms. The van der Waals surface area contributed by atoms with Crippen molar-refractivity contribution in [2.24, 2.45) is 0 Å². The van der Waals surface area contributed by atoms with E-state index in [2.05, 4.69) is 10.6 Å². The fourth-order valence-corrected chi connectivity index (χ4v) is 1.21. The molecule has 0 aliphatic carbocycles. The van der Waals surface area contributed by atoms with Gasteiger partial charge in [-0.25, -0.2) is 0 Å². The van der Waals surface area contributed by atoms with Gasteiger partial charge in [-0.05, 0) is 13.8 Å². The molecule has 0 aromatic carbocycles. The van der Waals surface area contributed by atoms with E-state index in [-0.39, 0.29) is 11.8 Å². The summed E-state index contributed by atoms with van der Waals surface area (Å²) in [5, 5.41) is 5.63. The molecule has 0 heterocycles. The van der Waals surface area contributed by atoms with Crippen LogP contribution in [0.15, 0.2) is 0 Å². The summed E-state index contributed by atoms with van der Waals surface area (Å²) < 4.78 is 0. The molecule has 0 aliphatic heterocycles. The van der Waals surface area contributed by atoms with Crippen molar-refractivity contribution in [1.29, 1.82) is 0 Å². The predicted molar refractivity (Wildman–Crippen MR) is 59.5 cm³/mol. The van der Waals surface area contributed by atoms with Crippen LogP contribution in [0.25, 0.3) is 0 Å². The molecule has 15 heavy (non-hydrogen) atoms. The highest BCUT2D eigenvalue weighted by atomic mass is 16.2. The fraction of sp³-hybridized carbons (Fsp3) is 0.800. The minimum absolute atomic E-state index is 0.0492. The van der Waals surface area contributed by atoms with Gasteiger partial charge in [-0.15, -0.1) is 0 Å². The molecule has 88 valence electrons. The lowest BCUT2D eigenvalue weighted by atomic mass is 10.4. The Kier molecular flexibility index (Phi) is 7.62. The van der Waals surface area contributed by atoms with Gasteiger partial charge in [-0.1, -0.05) is 0 Å². The highest BCUT2D eigenvalue weighted by molar-refractivity contribution is 5.78. The average Bonchev–Trinajstić information content (AvgIpc) is 2.18. The SMILES string of the molecule is CCN(CC)C(=O)CNCCNC(C)=O. The van der Waals surface area contributed by atoms with Crippen LogP contribution in [-0.4, -0.2) is 49.4 Å². The van der Waals surface area contributed by atoms with Crippen molar-refractivity contribution in [3.8, 4) is 0 Å². The standard InChI is InChI=1S/C10H21N3O2/c1-4-13(5-2)10(15)8-11-6-7-12-9(3)14/h11H,4-8H2,1-3H3,(H,12,14). The molecule has 0 aliphatic rings. The van der Waals surface area contributed by atoms with Crippen molar-refractivity contribution in [3.05, 3.63) is 0 Å². The number of carbonyl (C=O) groups excluding carboxylic acids is 2. The van der Waals surface area contributed by atoms with Crippen LogP contribution in [-0.2, 0) is 9.59 Å². The number of carbonyl (C=O) groups is 2. The zero-order valence-electron chi connectivity index (χ0n) is 9.80. The van der Waals surface area contributed by atoms with Crippen LogP contribution in [0, 0.1) is 0 Å². The third-order valence-corrected chi connectivity index (χ3v) is 2.07. The van der Waals surface area contributed by atoms with E-state index in [0.717, 1.165) is 13.1 Å². The zero-order chi connectivity index (χ0) is 11.7. The maximum atomic E-state index is 11.5. The van der Waals surface area contributed by atoms with E-state index in [9.17, 15) is 9.59 Å². The Morgan fingerprint density at radius 1 is 1.13 bits per heavy atom. The van der Waals surface area contributed by atoms with Crippen molar-refractivity contribution in [2.45, 2.75) is 20.8 Å². The number of hydrogen-bond donors (Lipinski definition) is 2. The Morgan fingerprint density at radius 3 is 2.20 bits per heavy atom. The molecule has 2 amide bonds. The number of nitrogens with one attached hydrogen (secondary N) is 2. The molecule has 0 fully saturated rings. The molecule has 0 saturated heterocycles. The van der Waals surface area contributed by atoms with E-state index < -0.39 is 0 Å². The summed E-state index contributed by atoms with van der Waals surface area (Å²) in [5.74, 6) is 0.0506. The quantitative estimate of drug-likeness (QED) is 0.567. The number of hydrogen-bond acceptors (Lipinski definition) is 3. The largest absolute Gasteiger partial charge is 0.355 e. The van der Waals surface area contributed by atoms with E-state index in [4.69, 9.17) is 0 Å². The van der Waals surface area contributed by atoms with Crippen LogP contribution in [0.3, 0.4) is 0 Å². The molecular weight excluding hydrogens is 194 g/mol. The van der Waals surface area contributed by atoms with Crippen molar-refractivity contribution >= 4 is 11.8 Å². The molecule has 0 aromatic rings. The van der Waals surface area contributed by atoms with Crippen LogP contribution < -0.4 is 10.6 Å². The van der Waals surface area contributed by atoms with E-state index in [1.807, 2.05) is 13.8 Å². The van der Waals surface area contributed by atoms with Gasteiger partial charge in [0.05, 0.1) is 6.54 Å². The highest BCUT2D eigenvalue weighted by Crippen LogP contribution is 1.86. The van der Waals surface area contributed by atoms with Crippen LogP contribution in [0.2, 0.25) is 0 Å². The maximum Gasteiger partial charge on any atom is 0.236 e. The Balaban J connectivity index is 3.50. The number of rotatable bonds is 7. The highest BCUT2D eigenvalue weighted by Gasteiger charge is 2.07. The Bertz CT molecular complexity index is 203. The molecule has 0 bridgehead atoms. The van der Waals surface area contributed by atoms with Gasteiger partial charge in [-0.2, -0.15) is 0 Å². The normalized spacial score (nSPS) is 9.80. The topological polar surface area (TPSA) is 61.4 Å². The molecule has 0 atom stereocenters. The summed E-state index contributed by atoms with van der Waals surface area (Å²) >= 11 is 0. The lowest BCUT2D eigenvalue weighted by Gasteiger charge is -2.18. The first kappa shape index (κ1) is 13.9. The first-order chi connectivity index (χ1) is 7.11. The van der Waals surface area contributed by atoms with Crippen molar-refractivity contribution in [2.75, 3.05) is 32.7 Å². The van der Waals surface area contributed by atoms with E-state index in [0.29, 0.717) is 19.6 Å². The van der Waals surface area contributed by atoms with Gasteiger partial charge in [0.2, 0.25) is 11.8 Å². The second-order valence-corrected chi connectivity index (χ2v) is 3.23. The number of likely N-dealkylation sites (N-methyl/N-ethyl adjacent to an activating group) is 1. The first-order valence-electron chi connectivity index (χ1n) is 5.34. The second-order valence-electron chi connectivity index (χ2n) is 3.23. The summed E-state index contributed by atoms with van der Waals surface area (Å²) in [6.45, 7) is 8.37. The van der Waals surface area contributed by atoms with Gasteiger partial charge >= 0.3 is 0 Å². The van der Waals surface area contributed by atoms with Gasteiger partial charge in [0, 0.05) is 33.1 Å². The lowest BCUT2D eigenvalue weighted by molar-refractivity contribution is -0.129. The second kappa shape index (κ2) is 8.23. The van der Waals surface area contributed by atoms with Gasteiger partial charge in [0.25, 0.3) is 0 Å². The van der Waals surface area contributed by atoms with E-state index in [1.165, 1.54) is 6.92 Å². The first-order valence-corrected chi connectivity index (χ1v) is 5.34. The predicted octanol–water partition coefficient (Wildman–Crippen LogP) is -0.419. The van der Waals surface area contributed by atoms with Gasteiger partial charge in [0.15, 0.2) is 0 Å². The van der Waals surface area contributed by atoms with Crippen molar-refractivity contribution in [1.82, 2.24) is 15.5 Å². The summed E-state index contributed by atoms with van der Waals surface area (Å²) in [5.41, 5.74) is 0. The molecule has 0 spiro atoms. The molecule has 0 unspecified atom stereocenters. The molecule has 2 N–H and O–H groups in total. The fourth-order valence-electron chi connectivity index (χ4n) is 1.21. The summed E-state index contributed by atoms with van der Waals surface area (Å²) in [6.07, 6.45) is 0. The van der Waals surface area contributed by atoms with Gasteiger partial charge in [0.1, 0.15) is 0 Å². The number of amides is 2. The summed E-state index contributed by atoms with van der Waals surface area (Å²) in [6, 6.07) is 0. The zero-order valence-corrected chi connectivity index (χ0v) is 9.80. The molecule has 0 radical (unpaired) electrons. The van der Waals surface area contributed by atoms with Crippen molar-refractivity contribution < 1.29 is 9.59 Å². The van der Waals surface area contributed by atoms with Crippen molar-refractivity contribution in [3.63, 3.8) is 0 Å². The smallest absolute Gasteiger partial charge is 0.236 e. The lowest BCUT2D eigenvalue weighted by Crippen LogP contribution is -2.40. The third kappa shape index (κ3) is 6.90. The minimum Gasteiger partial charge on any atom is -0.355 e. The van der Waals surface area contributed by atoms with Crippen LogP contribution >= 0.6 is 0 Å². The molecule has 0 saturated carbocycles. The van der Waals surface area contributed by atoms with Crippen LogP contribution in [0.5, 0.6) is 0 Å². The van der Waals surface area contributed by atoms with Crippen LogP contribution in [0.4, 0.5) is 0 Å². The summed E-state index contributed by atoms with van der Waals surface area (Å²) in [7, 11) is 0. The molecule has 0 rings (SSSR count). The monoisotopic (exact) mass is 215 g/mol. The maximum absolute atomic E-state index is 11.5. The molecule has 0 aromatic heterocycles.